The quantitative estimate of drug-likeness (QED) is 0.674. The lowest BCUT2D eigenvalue weighted by atomic mass is 10.0. The van der Waals surface area contributed by atoms with E-state index in [0.29, 0.717) is 18.3 Å². The van der Waals surface area contributed by atoms with Crippen molar-refractivity contribution in [1.29, 1.82) is 0 Å². The SMILES string of the molecule is CCCCC(CC)COc1ccc(S(=O)(=O)N[C]=O)cc1. The molecule has 0 fully saturated rings. The summed E-state index contributed by atoms with van der Waals surface area (Å²) in [6.07, 6.45) is 5.73. The lowest BCUT2D eigenvalue weighted by molar-refractivity contribution is 0.233. The van der Waals surface area contributed by atoms with Crippen LogP contribution in [0.2, 0.25) is 0 Å². The maximum Gasteiger partial charge on any atom is 0.324 e. The lowest BCUT2D eigenvalue weighted by Crippen LogP contribution is -2.21. The van der Waals surface area contributed by atoms with E-state index < -0.39 is 10.0 Å². The van der Waals surface area contributed by atoms with E-state index in [1.54, 1.807) is 16.9 Å². The highest BCUT2D eigenvalue weighted by Gasteiger charge is 2.13. The molecule has 0 aromatic heterocycles. The van der Waals surface area contributed by atoms with Crippen molar-refractivity contribution in [3.05, 3.63) is 24.3 Å². The smallest absolute Gasteiger partial charge is 0.324 e. The van der Waals surface area contributed by atoms with Crippen LogP contribution in [0.15, 0.2) is 29.2 Å². The normalized spacial score (nSPS) is 12.7. The van der Waals surface area contributed by atoms with Gasteiger partial charge in [0.05, 0.1) is 11.5 Å². The molecule has 5 nitrogen and oxygen atoms in total. The van der Waals surface area contributed by atoms with Gasteiger partial charge in [-0.1, -0.05) is 33.1 Å². The summed E-state index contributed by atoms with van der Waals surface area (Å²) in [6.45, 7) is 4.93. The number of nitrogens with one attached hydrogen (secondary N) is 1. The summed E-state index contributed by atoms with van der Waals surface area (Å²) in [7, 11) is -3.80. The Morgan fingerprint density at radius 1 is 1.24 bits per heavy atom. The van der Waals surface area contributed by atoms with Crippen molar-refractivity contribution in [2.45, 2.75) is 44.4 Å². The Morgan fingerprint density at radius 2 is 1.90 bits per heavy atom. The summed E-state index contributed by atoms with van der Waals surface area (Å²) < 4.78 is 30.5. The number of carbonyl (C=O) groups excluding carboxylic acids is 1. The van der Waals surface area contributed by atoms with Gasteiger partial charge in [-0.3, -0.25) is 4.79 Å². The van der Waals surface area contributed by atoms with Crippen molar-refractivity contribution in [3.63, 3.8) is 0 Å². The van der Waals surface area contributed by atoms with Crippen LogP contribution in [0.1, 0.15) is 39.5 Å². The summed E-state index contributed by atoms with van der Waals surface area (Å²) in [5, 5.41) is 0. The Balaban J connectivity index is 2.60. The second kappa shape index (κ2) is 8.67. The molecule has 1 radical (unpaired) electrons. The monoisotopic (exact) mass is 312 g/mol. The van der Waals surface area contributed by atoms with Crippen LogP contribution < -0.4 is 9.46 Å². The second-order valence-corrected chi connectivity index (χ2v) is 6.59. The summed E-state index contributed by atoms with van der Waals surface area (Å²) in [5.41, 5.74) is 0. The van der Waals surface area contributed by atoms with Crippen LogP contribution in [-0.4, -0.2) is 21.4 Å². The standard InChI is InChI=1S/C15H22NO4S/c1-3-5-6-13(4-2)11-20-14-7-9-15(10-8-14)21(18,19)16-12-17/h7-10,13H,3-6,11H2,1-2H3,(H,16,17). The van der Waals surface area contributed by atoms with E-state index in [1.807, 2.05) is 0 Å². The van der Waals surface area contributed by atoms with E-state index in [1.165, 1.54) is 31.4 Å². The first-order valence-electron chi connectivity index (χ1n) is 7.15. The molecule has 0 heterocycles. The minimum atomic E-state index is -3.80. The van der Waals surface area contributed by atoms with Crippen molar-refractivity contribution in [3.8, 4) is 5.75 Å². The highest BCUT2D eigenvalue weighted by atomic mass is 32.2. The molecule has 0 aliphatic rings. The van der Waals surface area contributed by atoms with Crippen LogP contribution in [0, 0.1) is 5.92 Å². The van der Waals surface area contributed by atoms with Gasteiger partial charge in [0, 0.05) is 0 Å². The summed E-state index contributed by atoms with van der Waals surface area (Å²) in [6, 6.07) is 5.99. The number of amides is 1. The molecule has 21 heavy (non-hydrogen) atoms. The van der Waals surface area contributed by atoms with Crippen molar-refractivity contribution in [2.24, 2.45) is 5.92 Å². The molecule has 1 aromatic carbocycles. The van der Waals surface area contributed by atoms with Gasteiger partial charge in [-0.25, -0.2) is 13.1 Å². The average Bonchev–Trinajstić information content (AvgIpc) is 2.48. The maximum absolute atomic E-state index is 11.6. The zero-order chi connectivity index (χ0) is 15.7. The molecule has 6 heteroatoms. The molecule has 1 rings (SSSR count). The topological polar surface area (TPSA) is 72.5 Å². The Labute approximate surface area is 126 Å². The zero-order valence-corrected chi connectivity index (χ0v) is 13.3. The van der Waals surface area contributed by atoms with Crippen molar-refractivity contribution >= 4 is 16.4 Å². The molecule has 1 unspecified atom stereocenters. The molecule has 0 saturated carbocycles. The van der Waals surface area contributed by atoms with E-state index in [2.05, 4.69) is 13.8 Å². The number of hydrogen-bond donors (Lipinski definition) is 1. The molecule has 0 spiro atoms. The Morgan fingerprint density at radius 3 is 2.43 bits per heavy atom. The van der Waals surface area contributed by atoms with Gasteiger partial charge in [0.15, 0.2) is 0 Å². The molecule has 1 amide bonds. The first-order chi connectivity index (χ1) is 10.0. The second-order valence-electron chi connectivity index (χ2n) is 4.91. The number of benzene rings is 1. The first-order valence-corrected chi connectivity index (χ1v) is 8.63. The van der Waals surface area contributed by atoms with Crippen molar-refractivity contribution < 1.29 is 17.9 Å². The van der Waals surface area contributed by atoms with Gasteiger partial charge in [0.2, 0.25) is 0 Å². The average molecular weight is 312 g/mol. The number of sulfonamides is 1. The Kier molecular flexibility index (Phi) is 7.22. The molecular weight excluding hydrogens is 290 g/mol. The molecule has 1 N–H and O–H groups in total. The van der Waals surface area contributed by atoms with Gasteiger partial charge in [-0.2, -0.15) is 0 Å². The fraction of sp³-hybridized carbons (Fsp3) is 0.533. The van der Waals surface area contributed by atoms with Crippen LogP contribution in [0.25, 0.3) is 0 Å². The number of unbranched alkanes of at least 4 members (excludes halogenated alkanes) is 1. The Bertz CT molecular complexity index is 525. The zero-order valence-electron chi connectivity index (χ0n) is 12.5. The Hall–Kier alpha value is -1.56. The predicted octanol–water partition coefficient (Wildman–Crippen LogP) is 2.63. The molecule has 0 bridgehead atoms. The van der Waals surface area contributed by atoms with Gasteiger partial charge in [-0.05, 0) is 36.6 Å². The van der Waals surface area contributed by atoms with Crippen molar-refractivity contribution in [1.82, 2.24) is 4.72 Å². The molecular formula is C15H22NO4S. The molecule has 1 atom stereocenters. The summed E-state index contributed by atoms with van der Waals surface area (Å²) >= 11 is 0. The van der Waals surface area contributed by atoms with Gasteiger partial charge >= 0.3 is 6.41 Å². The van der Waals surface area contributed by atoms with E-state index in [4.69, 9.17) is 4.74 Å². The third-order valence-electron chi connectivity index (χ3n) is 3.34. The van der Waals surface area contributed by atoms with Gasteiger partial charge in [0.25, 0.3) is 10.0 Å². The lowest BCUT2D eigenvalue weighted by Gasteiger charge is -2.15. The third kappa shape index (κ3) is 5.75. The maximum atomic E-state index is 11.6. The van der Waals surface area contributed by atoms with E-state index >= 15 is 0 Å². The van der Waals surface area contributed by atoms with Crippen LogP contribution in [0.4, 0.5) is 0 Å². The molecule has 0 aliphatic heterocycles. The minimum Gasteiger partial charge on any atom is -0.493 e. The fourth-order valence-electron chi connectivity index (χ4n) is 1.94. The van der Waals surface area contributed by atoms with Gasteiger partial charge in [0.1, 0.15) is 5.75 Å². The van der Waals surface area contributed by atoms with E-state index in [0.717, 1.165) is 12.8 Å². The number of ether oxygens (including phenoxy) is 1. The summed E-state index contributed by atoms with van der Waals surface area (Å²) in [4.78, 5) is 10.1. The predicted molar refractivity (Wildman–Crippen MR) is 81.3 cm³/mol. The minimum absolute atomic E-state index is 0.0104. The van der Waals surface area contributed by atoms with Gasteiger partial charge < -0.3 is 4.74 Å². The van der Waals surface area contributed by atoms with Crippen LogP contribution >= 0.6 is 0 Å². The largest absolute Gasteiger partial charge is 0.493 e. The molecule has 117 valence electrons. The highest BCUT2D eigenvalue weighted by molar-refractivity contribution is 7.90. The number of rotatable bonds is 10. The van der Waals surface area contributed by atoms with E-state index in [9.17, 15) is 13.2 Å². The third-order valence-corrected chi connectivity index (χ3v) is 4.58. The highest BCUT2D eigenvalue weighted by Crippen LogP contribution is 2.18. The molecule has 1 aromatic rings. The van der Waals surface area contributed by atoms with Crippen LogP contribution in [0.3, 0.4) is 0 Å². The van der Waals surface area contributed by atoms with Gasteiger partial charge in [-0.15, -0.1) is 0 Å². The first kappa shape index (κ1) is 17.5. The fourth-order valence-corrected chi connectivity index (χ4v) is 2.66. The van der Waals surface area contributed by atoms with Crippen molar-refractivity contribution in [2.75, 3.05) is 6.61 Å². The van der Waals surface area contributed by atoms with Crippen LogP contribution in [-0.2, 0) is 14.8 Å². The summed E-state index contributed by atoms with van der Waals surface area (Å²) in [5.74, 6) is 1.14. The number of hydrogen-bond acceptors (Lipinski definition) is 4. The molecule has 0 saturated heterocycles. The molecule has 0 aliphatic carbocycles. The van der Waals surface area contributed by atoms with E-state index in [-0.39, 0.29) is 4.90 Å². The van der Waals surface area contributed by atoms with Crippen LogP contribution in [0.5, 0.6) is 5.75 Å².